The van der Waals surface area contributed by atoms with Crippen molar-refractivity contribution in [3.63, 3.8) is 0 Å². The van der Waals surface area contributed by atoms with Gasteiger partial charge in [0.15, 0.2) is 15.5 Å². The van der Waals surface area contributed by atoms with Crippen LogP contribution in [0.3, 0.4) is 0 Å². The summed E-state index contributed by atoms with van der Waals surface area (Å²) in [7, 11) is 0. The average molecular weight is 952 g/mol. The second kappa shape index (κ2) is 21.0. The normalized spacial score (nSPS) is 17.6. The summed E-state index contributed by atoms with van der Waals surface area (Å²) >= 11 is 3.66. The molecule has 0 saturated heterocycles. The first kappa shape index (κ1) is 47.1. The van der Waals surface area contributed by atoms with Crippen molar-refractivity contribution in [2.45, 2.75) is 77.5 Å². The van der Waals surface area contributed by atoms with Gasteiger partial charge in [-0.15, -0.1) is 15.3 Å². The lowest BCUT2D eigenvalue weighted by Crippen LogP contribution is -2.25. The number of hydrogen-bond donors (Lipinski definition) is 3. The Morgan fingerprint density at radius 1 is 0.455 bits per heavy atom. The van der Waals surface area contributed by atoms with E-state index >= 15 is 0 Å². The fourth-order valence-electron chi connectivity index (χ4n) is 6.92. The number of nitrogens with one attached hydrogen (secondary N) is 3. The van der Waals surface area contributed by atoms with Gasteiger partial charge in [-0.2, -0.15) is 0 Å². The van der Waals surface area contributed by atoms with Crippen molar-refractivity contribution in [1.82, 2.24) is 31.0 Å². The topological polar surface area (TPSA) is 213 Å². The molecule has 0 bridgehead atoms. The van der Waals surface area contributed by atoms with Gasteiger partial charge in [-0.3, -0.25) is 28.8 Å². The van der Waals surface area contributed by atoms with Crippen LogP contribution in [0.5, 0.6) is 17.2 Å². The van der Waals surface area contributed by atoms with Crippen molar-refractivity contribution in [3.8, 4) is 17.2 Å². The molecular weight excluding hydrogens is 907 g/mol. The number of hydrazone groups is 3. The maximum atomic E-state index is 12.7. The standard InChI is InChI=1S/C45H45N9O9S3/c1-25(55)46-43-49-52(28(4)58)40(64-43)34-13-7-10-16-37(34)61-22-31-19-32(23-62-38-17-11-8-14-35(38)41-53(29(5)59)50-44(65-41)47-26(2)56)21-33(20-31)24-63-39-18-12-9-15-36(39)42-54(30(6)60)51-45(66-42)48-27(3)57/h7-21,40-42H,22-24H2,1-6H3,(H,46,49,55)(H,47,50,56)(H,48,51,57). The maximum absolute atomic E-state index is 12.7. The highest BCUT2D eigenvalue weighted by Gasteiger charge is 2.37. The van der Waals surface area contributed by atoms with Gasteiger partial charge in [0.1, 0.15) is 53.2 Å². The lowest BCUT2D eigenvalue weighted by atomic mass is 10.1. The minimum absolute atomic E-state index is 0.0903. The molecule has 4 aromatic carbocycles. The highest BCUT2D eigenvalue weighted by Crippen LogP contribution is 2.45. The van der Waals surface area contributed by atoms with Crippen LogP contribution in [0.4, 0.5) is 0 Å². The molecule has 0 fully saturated rings. The van der Waals surface area contributed by atoms with E-state index in [0.29, 0.717) is 49.4 Å². The van der Waals surface area contributed by atoms with Crippen LogP contribution in [0, 0.1) is 0 Å². The van der Waals surface area contributed by atoms with Gasteiger partial charge in [-0.1, -0.05) is 89.9 Å². The van der Waals surface area contributed by atoms with Gasteiger partial charge < -0.3 is 30.2 Å². The number of hydrogen-bond acceptors (Lipinski definition) is 15. The van der Waals surface area contributed by atoms with Gasteiger partial charge in [0.05, 0.1) is 0 Å². The summed E-state index contributed by atoms with van der Waals surface area (Å²) in [6.45, 7) is 8.58. The highest BCUT2D eigenvalue weighted by atomic mass is 32.2. The Hall–Kier alpha value is -6.84. The van der Waals surface area contributed by atoms with E-state index in [-0.39, 0.29) is 55.3 Å². The van der Waals surface area contributed by atoms with E-state index in [1.54, 1.807) is 18.2 Å². The Bertz CT molecular complexity index is 2380. The van der Waals surface area contributed by atoms with Crippen molar-refractivity contribution in [3.05, 3.63) is 124 Å². The summed E-state index contributed by atoms with van der Waals surface area (Å²) in [5.41, 5.74) is 4.28. The molecule has 342 valence electrons. The van der Waals surface area contributed by atoms with Crippen LogP contribution < -0.4 is 30.2 Å². The van der Waals surface area contributed by atoms with E-state index in [2.05, 4.69) is 31.3 Å². The number of nitrogens with zero attached hydrogens (tertiary/aromatic N) is 6. The number of para-hydroxylation sites is 3. The lowest BCUT2D eigenvalue weighted by molar-refractivity contribution is -0.130. The third-order valence-electron chi connectivity index (χ3n) is 9.60. The van der Waals surface area contributed by atoms with Crippen molar-refractivity contribution >= 4 is 86.2 Å². The molecular formula is C45H45N9O9S3. The van der Waals surface area contributed by atoms with Gasteiger partial charge in [-0.05, 0) is 53.1 Å². The van der Waals surface area contributed by atoms with E-state index in [1.807, 2.05) is 72.8 Å². The average Bonchev–Trinajstić information content (AvgIpc) is 4.01. The largest absolute Gasteiger partial charge is 0.489 e. The summed E-state index contributed by atoms with van der Waals surface area (Å²) in [5, 5.41) is 24.0. The van der Waals surface area contributed by atoms with Crippen LogP contribution in [-0.2, 0) is 48.6 Å². The highest BCUT2D eigenvalue weighted by molar-refractivity contribution is 8.14. The molecule has 66 heavy (non-hydrogen) atoms. The minimum Gasteiger partial charge on any atom is -0.489 e. The smallest absolute Gasteiger partial charge is 0.241 e. The second-order valence-corrected chi connectivity index (χ2v) is 18.1. The minimum atomic E-state index is -0.599. The van der Waals surface area contributed by atoms with Gasteiger partial charge in [-0.25, -0.2) is 15.0 Å². The SMILES string of the molecule is CC(=O)NC1=NN(C(C)=O)C(c2ccccc2OCc2cc(COc3ccccc3C3SC(NC(C)=O)=NN3C(C)=O)cc(COc3ccccc3C3SC(NC(C)=O)=NN3C(C)=O)c2)S1. The van der Waals surface area contributed by atoms with Crippen LogP contribution >= 0.6 is 35.3 Å². The summed E-state index contributed by atoms with van der Waals surface area (Å²) < 4.78 is 19.5. The first-order chi connectivity index (χ1) is 31.6. The van der Waals surface area contributed by atoms with E-state index in [1.165, 1.54) is 91.9 Å². The molecule has 0 aliphatic carbocycles. The number of carbonyl (C=O) groups is 6. The molecule has 3 aliphatic rings. The van der Waals surface area contributed by atoms with Gasteiger partial charge in [0, 0.05) is 58.2 Å². The van der Waals surface area contributed by atoms with E-state index in [0.717, 1.165) is 16.7 Å². The van der Waals surface area contributed by atoms with Crippen LogP contribution in [0.1, 0.15) is 91.0 Å². The molecule has 3 N–H and O–H groups in total. The van der Waals surface area contributed by atoms with E-state index < -0.39 is 16.1 Å². The molecule has 3 aliphatic heterocycles. The number of thioether (sulfide) groups is 3. The molecule has 3 heterocycles. The number of ether oxygens (including phenoxy) is 3. The fourth-order valence-corrected chi connectivity index (χ4v) is 10.4. The Morgan fingerprint density at radius 3 is 0.955 bits per heavy atom. The molecule has 18 nitrogen and oxygen atoms in total. The fraction of sp³-hybridized carbons (Fsp3) is 0.267. The zero-order valence-electron chi connectivity index (χ0n) is 36.6. The van der Waals surface area contributed by atoms with Crippen molar-refractivity contribution in [2.24, 2.45) is 15.3 Å². The Morgan fingerprint density at radius 2 is 0.712 bits per heavy atom. The molecule has 3 unspecified atom stereocenters. The second-order valence-electron chi connectivity index (χ2n) is 14.9. The van der Waals surface area contributed by atoms with Crippen molar-refractivity contribution in [2.75, 3.05) is 0 Å². The molecule has 21 heteroatoms. The molecule has 4 aromatic rings. The maximum Gasteiger partial charge on any atom is 0.241 e. The monoisotopic (exact) mass is 951 g/mol. The predicted octanol–water partition coefficient (Wildman–Crippen LogP) is 6.43. The molecule has 0 spiro atoms. The Balaban J connectivity index is 1.16. The number of rotatable bonds is 12. The summed E-state index contributed by atoms with van der Waals surface area (Å²) in [5.74, 6) is -0.389. The predicted molar refractivity (Wildman–Crippen MR) is 251 cm³/mol. The summed E-state index contributed by atoms with van der Waals surface area (Å²) in [6, 6.07) is 27.7. The Kier molecular flexibility index (Phi) is 15.0. The van der Waals surface area contributed by atoms with Crippen LogP contribution in [0.25, 0.3) is 0 Å². The number of amidine groups is 3. The van der Waals surface area contributed by atoms with Crippen LogP contribution in [-0.4, -0.2) is 66.0 Å². The third-order valence-corrected chi connectivity index (χ3v) is 12.9. The molecule has 3 atom stereocenters. The zero-order chi connectivity index (χ0) is 47.1. The van der Waals surface area contributed by atoms with Crippen molar-refractivity contribution < 1.29 is 43.0 Å². The first-order valence-corrected chi connectivity index (χ1v) is 23.0. The molecule has 0 saturated carbocycles. The van der Waals surface area contributed by atoms with Crippen LogP contribution in [0.2, 0.25) is 0 Å². The number of amides is 6. The molecule has 6 amide bonds. The van der Waals surface area contributed by atoms with Gasteiger partial charge >= 0.3 is 0 Å². The number of carbonyl (C=O) groups excluding carboxylic acids is 6. The van der Waals surface area contributed by atoms with Gasteiger partial charge in [0.25, 0.3) is 0 Å². The Labute approximate surface area is 392 Å². The van der Waals surface area contributed by atoms with Crippen LogP contribution in [0.15, 0.2) is 106 Å². The molecule has 0 aromatic heterocycles. The molecule has 7 rings (SSSR count). The van der Waals surface area contributed by atoms with Gasteiger partial charge in [0.2, 0.25) is 35.4 Å². The lowest BCUT2D eigenvalue weighted by Gasteiger charge is -2.23. The van der Waals surface area contributed by atoms with E-state index in [4.69, 9.17) is 14.2 Å². The molecule has 0 radical (unpaired) electrons. The summed E-state index contributed by atoms with van der Waals surface area (Å²) in [6.07, 6.45) is 0. The third kappa shape index (κ3) is 11.5. The van der Waals surface area contributed by atoms with E-state index in [9.17, 15) is 28.8 Å². The first-order valence-electron chi connectivity index (χ1n) is 20.4. The zero-order valence-corrected chi connectivity index (χ0v) is 39.0. The number of benzene rings is 4. The summed E-state index contributed by atoms with van der Waals surface area (Å²) in [4.78, 5) is 73.6. The quantitative estimate of drug-likeness (QED) is 0.140. The van der Waals surface area contributed by atoms with Crippen molar-refractivity contribution in [1.29, 1.82) is 0 Å².